The number of amides is 2. The van der Waals surface area contributed by atoms with Gasteiger partial charge < -0.3 is 33.4 Å². The molecule has 502 valence electrons. The molecule has 7 heterocycles. The predicted octanol–water partition coefficient (Wildman–Crippen LogP) is 6.28. The Balaban J connectivity index is 0.999. The lowest BCUT2D eigenvalue weighted by Gasteiger charge is -2.27. The molecule has 31 nitrogen and oxygen atoms in total. The van der Waals surface area contributed by atoms with Gasteiger partial charge in [-0.2, -0.15) is 14.5 Å². The molecular formula is C61H74N11O20P2+. The van der Waals surface area contributed by atoms with E-state index in [4.69, 9.17) is 64.0 Å². The lowest BCUT2D eigenvalue weighted by Crippen LogP contribution is -2.53. The van der Waals surface area contributed by atoms with Gasteiger partial charge in [0.05, 0.1) is 49.7 Å². The lowest BCUT2D eigenvalue weighted by molar-refractivity contribution is -0.640. The van der Waals surface area contributed by atoms with Crippen LogP contribution in [-0.4, -0.2) is 165 Å². The largest absolute Gasteiger partial charge is 0.475 e. The molecule has 2 aromatic carbocycles. The molecule has 4 aliphatic heterocycles. The number of phosphoric ester groups is 2. The number of nitrogens with one attached hydrogen (secondary N) is 3. The third-order valence-corrected chi connectivity index (χ3v) is 19.0. The summed E-state index contributed by atoms with van der Waals surface area (Å²) in [5, 5.41) is 5.46. The Morgan fingerprint density at radius 3 is 2.03 bits per heavy atom. The number of H-pyrrole nitrogens is 1. The van der Waals surface area contributed by atoms with Crippen molar-refractivity contribution in [2.24, 2.45) is 11.8 Å². The normalized spacial score (nSPS) is 24.8. The summed E-state index contributed by atoms with van der Waals surface area (Å²) in [6.07, 6.45) is -6.83. The Morgan fingerprint density at radius 2 is 1.41 bits per heavy atom. The Kier molecular flexibility index (Phi) is 23.2. The predicted molar refractivity (Wildman–Crippen MR) is 331 cm³/mol. The Morgan fingerprint density at radius 1 is 0.798 bits per heavy atom. The van der Waals surface area contributed by atoms with E-state index in [0.29, 0.717) is 12.0 Å². The average Bonchev–Trinajstić information content (AvgIpc) is 1.63. The zero-order valence-electron chi connectivity index (χ0n) is 52.9. The fourth-order valence-electron chi connectivity index (χ4n) is 10.8. The molecule has 0 aliphatic carbocycles. The molecule has 9 rings (SSSR count). The van der Waals surface area contributed by atoms with E-state index in [1.54, 1.807) is 76.4 Å². The van der Waals surface area contributed by atoms with E-state index in [2.05, 4.69) is 40.3 Å². The zero-order valence-corrected chi connectivity index (χ0v) is 54.7. The minimum absolute atomic E-state index is 0.0822. The minimum Gasteiger partial charge on any atom is -0.457 e. The molecule has 4 aliphatic rings. The highest BCUT2D eigenvalue weighted by Crippen LogP contribution is 2.56. The van der Waals surface area contributed by atoms with Crippen molar-refractivity contribution in [3.8, 4) is 0 Å². The van der Waals surface area contributed by atoms with E-state index in [1.807, 2.05) is 32.3 Å². The summed E-state index contributed by atoms with van der Waals surface area (Å²) in [5.74, 6) is -4.01. The fourth-order valence-corrected chi connectivity index (χ4v) is 13.5. The molecule has 5 aromatic rings. The SMILES string of the molecule is [C-]#[N+]CCOP(=O)(OCC1OC(n2ccc(CC(=O)c3ccccc3)nc2=O)CC1OC(=O)COC(=O)c1cc(C)c(C)c(C)c1)OC1CC(n2cnc3c(=O)[nH]c(NC(=O)C(C)C)nc32)OC1COP(=O)(OCC[N+]#[C-])OC1CC([N+]2=CC(C)C(=O)NC2C)OC1CC. The number of hydrogen-bond donors (Lipinski definition) is 3. The van der Waals surface area contributed by atoms with Gasteiger partial charge in [-0.1, -0.05) is 51.1 Å². The van der Waals surface area contributed by atoms with Crippen molar-refractivity contribution in [2.75, 3.05) is 51.4 Å². The van der Waals surface area contributed by atoms with Crippen LogP contribution in [0, 0.1) is 45.8 Å². The first-order valence-electron chi connectivity index (χ1n) is 30.5. The number of nitrogens with zero attached hydrogens (tertiary/aromatic N) is 8. The highest BCUT2D eigenvalue weighted by molar-refractivity contribution is 7.48. The first-order chi connectivity index (χ1) is 44.9. The van der Waals surface area contributed by atoms with Crippen LogP contribution in [0.5, 0.6) is 0 Å². The first-order valence-corrected chi connectivity index (χ1v) is 33.4. The number of carbonyl (C=O) groups excluding carboxylic acids is 5. The first kappa shape index (κ1) is 70.3. The quantitative estimate of drug-likeness (QED) is 0.0118. The molecule has 13 unspecified atom stereocenters. The van der Waals surface area contributed by atoms with Gasteiger partial charge in [0, 0.05) is 37.4 Å². The van der Waals surface area contributed by atoms with Crippen molar-refractivity contribution >= 4 is 68.5 Å². The van der Waals surface area contributed by atoms with E-state index >= 15 is 9.13 Å². The molecule has 3 aromatic heterocycles. The van der Waals surface area contributed by atoms with Crippen molar-refractivity contribution in [2.45, 2.75) is 149 Å². The monoisotopic (exact) mass is 1340 g/mol. The number of fused-ring (bicyclic) bond motifs is 1. The molecule has 0 saturated carbocycles. The second kappa shape index (κ2) is 31.0. The number of ether oxygens (including phenoxy) is 5. The van der Waals surface area contributed by atoms with E-state index < -0.39 is 151 Å². The smallest absolute Gasteiger partial charge is 0.457 e. The summed E-state index contributed by atoms with van der Waals surface area (Å²) in [6, 6.07) is 13.1. The molecule has 13 atom stereocenters. The molecule has 0 spiro atoms. The summed E-state index contributed by atoms with van der Waals surface area (Å²) >= 11 is 0. The van der Waals surface area contributed by atoms with E-state index in [9.17, 15) is 33.6 Å². The molecule has 3 saturated heterocycles. The molecular weight excluding hydrogens is 1270 g/mol. The van der Waals surface area contributed by atoms with Crippen LogP contribution < -0.4 is 21.9 Å². The highest BCUT2D eigenvalue weighted by atomic mass is 31.2. The summed E-state index contributed by atoms with van der Waals surface area (Å²) in [6.45, 7) is 25.1. The van der Waals surface area contributed by atoms with Gasteiger partial charge in [-0.15, -0.1) is 0 Å². The fraction of sp³-hybridized carbons (Fsp3) is 0.525. The Hall–Kier alpha value is -8.03. The number of rotatable bonds is 29. The summed E-state index contributed by atoms with van der Waals surface area (Å²) < 4.78 is 101. The Labute approximate surface area is 539 Å². The number of ketones is 1. The van der Waals surface area contributed by atoms with E-state index in [-0.39, 0.29) is 78.8 Å². The van der Waals surface area contributed by atoms with Crippen molar-refractivity contribution in [3.05, 3.63) is 138 Å². The average molecular weight is 1340 g/mol. The topological polar surface area (TPSA) is 355 Å². The molecule has 3 fully saturated rings. The maximum absolute atomic E-state index is 15.4. The van der Waals surface area contributed by atoms with Crippen molar-refractivity contribution in [3.63, 3.8) is 0 Å². The number of aryl methyl sites for hydroxylation is 2. The van der Waals surface area contributed by atoms with Gasteiger partial charge >= 0.3 is 33.3 Å². The van der Waals surface area contributed by atoms with Crippen LogP contribution in [0.25, 0.3) is 20.9 Å². The van der Waals surface area contributed by atoms with Crippen LogP contribution in [0.3, 0.4) is 0 Å². The van der Waals surface area contributed by atoms with Gasteiger partial charge in [0.25, 0.3) is 11.8 Å². The number of esters is 2. The molecule has 94 heavy (non-hydrogen) atoms. The molecule has 0 radical (unpaired) electrons. The van der Waals surface area contributed by atoms with Crippen LogP contribution in [-0.2, 0) is 80.8 Å². The van der Waals surface area contributed by atoms with Gasteiger partial charge in [-0.25, -0.2) is 41.6 Å². The van der Waals surface area contributed by atoms with Gasteiger partial charge in [0.2, 0.25) is 37.0 Å². The maximum Gasteiger partial charge on any atom is 0.475 e. The Bertz CT molecular complexity index is 3960. The van der Waals surface area contributed by atoms with Crippen LogP contribution in [0.15, 0.2) is 70.6 Å². The number of Topliss-reactive ketones (excluding diaryl/α,β-unsaturated/α-hetero) is 1. The number of hydrogen-bond acceptors (Lipinski definition) is 23. The standard InChI is InChI=1S/C61H73N11O20P2/c1-11-44-46(27-51(87-44)71-29-37(6)57(76)65-39(71)8)91-93(80,83-21-18-62-9)86-31-49-47(28-52(89-49)72-33-64-54-55(72)67-60(69-58(54)77)68-56(75)34(2)3)92-94(81,84-22-19-63-10)85-30-48-45(90-53(74)32-82-59(78)41-23-35(4)38(7)36(5)24-41)26-50(88-48)70-20-17-42(66-61(70)79)25-43(73)40-15-13-12-14-16-40/h12-17,20,23-24,29,33-34,37,39,44-52H,11,18-19,21-22,25-28,30-32H2,1-8H3,(H2-,65,67,68,69,75,76,77)/p+1. The van der Waals surface area contributed by atoms with Crippen molar-refractivity contribution in [1.29, 1.82) is 0 Å². The molecule has 0 bridgehead atoms. The second-order valence-electron chi connectivity index (χ2n) is 23.1. The lowest BCUT2D eigenvalue weighted by atomic mass is 10.0. The van der Waals surface area contributed by atoms with Gasteiger partial charge in [-0.3, -0.25) is 71.1 Å². The summed E-state index contributed by atoms with van der Waals surface area (Å²) in [5.41, 5.74) is 1.53. The summed E-state index contributed by atoms with van der Waals surface area (Å²) in [4.78, 5) is 114. The minimum atomic E-state index is -5.06. The van der Waals surface area contributed by atoms with Crippen LogP contribution >= 0.6 is 15.6 Å². The number of aromatic nitrogens is 6. The van der Waals surface area contributed by atoms with Crippen LogP contribution in [0.1, 0.15) is 116 Å². The van der Waals surface area contributed by atoms with Crippen LogP contribution in [0.4, 0.5) is 5.95 Å². The van der Waals surface area contributed by atoms with Crippen molar-refractivity contribution in [1.82, 2.24) is 34.4 Å². The number of imidazole rings is 1. The number of benzene rings is 2. The van der Waals surface area contributed by atoms with Crippen molar-refractivity contribution < 1.29 is 88.5 Å². The van der Waals surface area contributed by atoms with Gasteiger partial charge in [-0.05, 0) is 69.0 Å². The maximum atomic E-state index is 15.4. The summed E-state index contributed by atoms with van der Waals surface area (Å²) in [7, 11) is -9.82. The molecule has 3 N–H and O–H groups in total. The third-order valence-electron chi connectivity index (χ3n) is 16.0. The third kappa shape index (κ3) is 17.3. The van der Waals surface area contributed by atoms with E-state index in [0.717, 1.165) is 21.3 Å². The van der Waals surface area contributed by atoms with Gasteiger partial charge in [0.15, 0.2) is 29.8 Å². The number of phosphoric acid groups is 2. The second-order valence-corrected chi connectivity index (χ2v) is 26.3. The molecule has 2 amide bonds. The number of aromatic amines is 1. The van der Waals surface area contributed by atoms with Crippen LogP contribution in [0.2, 0.25) is 0 Å². The number of anilines is 1. The van der Waals surface area contributed by atoms with Gasteiger partial charge in [0.1, 0.15) is 62.1 Å². The number of carbonyl (C=O) groups is 5. The van der Waals surface area contributed by atoms with E-state index in [1.165, 1.54) is 23.2 Å². The molecule has 33 heteroatoms. The zero-order chi connectivity index (χ0) is 67.6. The highest BCUT2D eigenvalue weighted by Gasteiger charge is 2.51.